The van der Waals surface area contributed by atoms with Gasteiger partial charge >= 0.3 is 0 Å². The number of phenolic OH excluding ortho intramolecular Hbond substituents is 1. The van der Waals surface area contributed by atoms with Gasteiger partial charge in [0.2, 0.25) is 0 Å². The minimum atomic E-state index is 0.266. The molecule has 1 aromatic carbocycles. The highest BCUT2D eigenvalue weighted by molar-refractivity contribution is 6.18. The van der Waals surface area contributed by atoms with E-state index in [-0.39, 0.29) is 5.75 Å². The molecule has 0 aromatic heterocycles. The van der Waals surface area contributed by atoms with E-state index in [0.29, 0.717) is 24.8 Å². The lowest BCUT2D eigenvalue weighted by Crippen LogP contribution is -2.27. The number of aromatic hydroxyl groups is 1. The first kappa shape index (κ1) is 20.4. The molecule has 0 aliphatic carbocycles. The van der Waals surface area contributed by atoms with Gasteiger partial charge in [-0.15, -0.1) is 23.2 Å². The normalized spacial score (nSPS) is 10.2. The molecule has 0 aliphatic heterocycles. The predicted octanol–water partition coefficient (Wildman–Crippen LogP) is 4.02. The van der Waals surface area contributed by atoms with Crippen molar-refractivity contribution in [3.05, 3.63) is 24.3 Å². The quantitative estimate of drug-likeness (QED) is 0.727. The summed E-state index contributed by atoms with van der Waals surface area (Å²) in [6, 6.07) is 7.18. The molecule has 122 valence electrons. The topological polar surface area (TPSA) is 26.7 Å². The Hall–Kier alpha value is -0.640. The summed E-state index contributed by atoms with van der Waals surface area (Å²) in [6.07, 6.45) is 0. The average Bonchev–Trinajstić information content (AvgIpc) is 2.50. The Labute approximate surface area is 139 Å². The van der Waals surface area contributed by atoms with Gasteiger partial charge < -0.3 is 14.9 Å². The third-order valence-electron chi connectivity index (χ3n) is 3.27. The van der Waals surface area contributed by atoms with Crippen LogP contribution >= 0.6 is 23.2 Å². The lowest BCUT2D eigenvalue weighted by Gasteiger charge is -2.23. The summed E-state index contributed by atoms with van der Waals surface area (Å²) < 4.78 is 0. The largest absolute Gasteiger partial charge is 0.506 e. The Morgan fingerprint density at radius 2 is 1.38 bits per heavy atom. The molecule has 0 amide bonds. The first-order chi connectivity index (χ1) is 10.1. The van der Waals surface area contributed by atoms with Gasteiger partial charge in [-0.1, -0.05) is 32.9 Å². The van der Waals surface area contributed by atoms with Gasteiger partial charge in [0.1, 0.15) is 5.75 Å². The summed E-state index contributed by atoms with van der Waals surface area (Å²) >= 11 is 11.3. The van der Waals surface area contributed by atoms with Gasteiger partial charge in [-0.25, -0.2) is 0 Å². The van der Waals surface area contributed by atoms with E-state index in [4.69, 9.17) is 23.2 Å². The molecule has 21 heavy (non-hydrogen) atoms. The lowest BCUT2D eigenvalue weighted by atomic mass is 10.2. The molecule has 1 aromatic rings. The Kier molecular flexibility index (Phi) is 12.7. The number of rotatable bonds is 8. The summed E-state index contributed by atoms with van der Waals surface area (Å²) in [5.41, 5.74) is 0.786. The van der Waals surface area contributed by atoms with Crippen LogP contribution in [0.15, 0.2) is 24.3 Å². The van der Waals surface area contributed by atoms with Gasteiger partial charge in [-0.2, -0.15) is 0 Å². The Balaban J connectivity index is 0.000000486. The molecule has 0 heterocycles. The van der Waals surface area contributed by atoms with Crippen molar-refractivity contribution in [1.29, 1.82) is 0 Å². The Morgan fingerprint density at radius 3 is 1.71 bits per heavy atom. The molecule has 5 heteroatoms. The number of phenols is 1. The van der Waals surface area contributed by atoms with Gasteiger partial charge in [0, 0.05) is 24.8 Å². The van der Waals surface area contributed by atoms with E-state index in [1.54, 1.807) is 12.1 Å². The molecule has 0 unspecified atom stereocenters. The highest BCUT2D eigenvalue weighted by Gasteiger charge is 2.08. The Morgan fingerprint density at radius 1 is 0.905 bits per heavy atom. The third kappa shape index (κ3) is 8.40. The monoisotopic (exact) mass is 334 g/mol. The van der Waals surface area contributed by atoms with Crippen LogP contribution in [0, 0.1) is 0 Å². The van der Waals surface area contributed by atoms with E-state index in [9.17, 15) is 5.11 Å². The van der Waals surface area contributed by atoms with Crippen molar-refractivity contribution in [3.8, 4) is 5.75 Å². The molecular formula is C16H28Cl2N2O. The summed E-state index contributed by atoms with van der Waals surface area (Å²) in [5.74, 6) is 1.30. The Bertz CT molecular complexity index is 348. The van der Waals surface area contributed by atoms with Crippen LogP contribution in [0.5, 0.6) is 5.75 Å². The molecule has 1 N–H and O–H groups in total. The molecule has 0 atom stereocenters. The van der Waals surface area contributed by atoms with Crippen LogP contribution in [0.25, 0.3) is 0 Å². The second kappa shape index (κ2) is 13.1. The van der Waals surface area contributed by atoms with Crippen LogP contribution in [-0.4, -0.2) is 54.5 Å². The average molecular weight is 335 g/mol. The van der Waals surface area contributed by atoms with Crippen molar-refractivity contribution in [2.24, 2.45) is 0 Å². The predicted molar refractivity (Wildman–Crippen MR) is 95.2 cm³/mol. The first-order valence-electron chi connectivity index (χ1n) is 7.51. The zero-order chi connectivity index (χ0) is 16.1. The van der Waals surface area contributed by atoms with Crippen LogP contribution in [-0.2, 0) is 0 Å². The SMILES string of the molecule is CCN(CC)CC.Oc1ccccc1N(CCCl)CCCl. The minimum Gasteiger partial charge on any atom is -0.506 e. The molecule has 0 saturated carbocycles. The van der Waals surface area contributed by atoms with E-state index in [1.165, 1.54) is 19.6 Å². The number of para-hydroxylation sites is 2. The van der Waals surface area contributed by atoms with Crippen molar-refractivity contribution in [1.82, 2.24) is 4.90 Å². The zero-order valence-corrected chi connectivity index (χ0v) is 14.9. The summed E-state index contributed by atoms with van der Waals surface area (Å²) in [7, 11) is 0. The molecule has 0 fully saturated rings. The first-order valence-corrected chi connectivity index (χ1v) is 8.58. The van der Waals surface area contributed by atoms with Crippen molar-refractivity contribution in [3.63, 3.8) is 0 Å². The van der Waals surface area contributed by atoms with Crippen molar-refractivity contribution in [2.45, 2.75) is 20.8 Å². The number of halogens is 2. The maximum atomic E-state index is 9.61. The maximum absolute atomic E-state index is 9.61. The number of nitrogens with zero attached hydrogens (tertiary/aromatic N) is 2. The van der Waals surface area contributed by atoms with Crippen molar-refractivity contribution < 1.29 is 5.11 Å². The van der Waals surface area contributed by atoms with Crippen LogP contribution in [0.1, 0.15) is 20.8 Å². The molecule has 3 nitrogen and oxygen atoms in total. The minimum absolute atomic E-state index is 0.266. The lowest BCUT2D eigenvalue weighted by molar-refractivity contribution is 0.321. The molecule has 0 bridgehead atoms. The molecule has 0 saturated heterocycles. The molecule has 0 radical (unpaired) electrons. The van der Waals surface area contributed by atoms with Gasteiger partial charge in [0.05, 0.1) is 5.69 Å². The molecule has 1 rings (SSSR count). The van der Waals surface area contributed by atoms with Gasteiger partial charge in [-0.3, -0.25) is 0 Å². The standard InChI is InChI=1S/C10H13Cl2NO.C6H15N/c11-5-7-13(8-6-12)9-3-1-2-4-10(9)14;1-4-7(5-2)6-3/h1-4,14H,5-8H2;4-6H2,1-3H3. The van der Waals surface area contributed by atoms with Gasteiger partial charge in [0.15, 0.2) is 0 Å². The number of anilines is 1. The van der Waals surface area contributed by atoms with E-state index < -0.39 is 0 Å². The molecule has 0 aliphatic rings. The van der Waals surface area contributed by atoms with Crippen LogP contribution in [0.2, 0.25) is 0 Å². The fourth-order valence-corrected chi connectivity index (χ4v) is 2.37. The summed E-state index contributed by atoms with van der Waals surface area (Å²) in [5, 5.41) is 9.61. The number of benzene rings is 1. The van der Waals surface area contributed by atoms with E-state index in [2.05, 4.69) is 25.7 Å². The summed E-state index contributed by atoms with van der Waals surface area (Å²) in [6.45, 7) is 11.5. The molecular weight excluding hydrogens is 307 g/mol. The van der Waals surface area contributed by atoms with Crippen LogP contribution in [0.3, 0.4) is 0 Å². The fraction of sp³-hybridized carbons (Fsp3) is 0.625. The maximum Gasteiger partial charge on any atom is 0.138 e. The van der Waals surface area contributed by atoms with Crippen molar-refractivity contribution in [2.75, 3.05) is 49.4 Å². The smallest absolute Gasteiger partial charge is 0.138 e. The van der Waals surface area contributed by atoms with E-state index in [1.807, 2.05) is 17.0 Å². The van der Waals surface area contributed by atoms with E-state index in [0.717, 1.165) is 5.69 Å². The van der Waals surface area contributed by atoms with Crippen LogP contribution < -0.4 is 4.90 Å². The molecule has 0 spiro atoms. The second-order valence-corrected chi connectivity index (χ2v) is 5.23. The number of alkyl halides is 2. The van der Waals surface area contributed by atoms with Gasteiger partial charge in [0.25, 0.3) is 0 Å². The zero-order valence-electron chi connectivity index (χ0n) is 13.4. The number of hydrogen-bond acceptors (Lipinski definition) is 3. The van der Waals surface area contributed by atoms with Crippen molar-refractivity contribution >= 4 is 28.9 Å². The van der Waals surface area contributed by atoms with Gasteiger partial charge in [-0.05, 0) is 31.8 Å². The van der Waals surface area contributed by atoms with Crippen LogP contribution in [0.4, 0.5) is 5.69 Å². The highest BCUT2D eigenvalue weighted by atomic mass is 35.5. The third-order valence-corrected chi connectivity index (χ3v) is 3.61. The second-order valence-electron chi connectivity index (χ2n) is 4.47. The summed E-state index contributed by atoms with van der Waals surface area (Å²) in [4.78, 5) is 4.34. The highest BCUT2D eigenvalue weighted by Crippen LogP contribution is 2.26. The fourth-order valence-electron chi connectivity index (χ4n) is 1.96. The van der Waals surface area contributed by atoms with E-state index >= 15 is 0 Å². The number of hydrogen-bond donors (Lipinski definition) is 1.